The summed E-state index contributed by atoms with van der Waals surface area (Å²) in [5.74, 6) is 0.531. The smallest absolute Gasteiger partial charge is 0.407 e. The van der Waals surface area contributed by atoms with Gasteiger partial charge in [0.15, 0.2) is 0 Å². The van der Waals surface area contributed by atoms with E-state index in [0.29, 0.717) is 18.0 Å². The Labute approximate surface area is 136 Å². The van der Waals surface area contributed by atoms with E-state index >= 15 is 0 Å². The first-order valence-corrected chi connectivity index (χ1v) is 9.08. The highest BCUT2D eigenvalue weighted by Gasteiger charge is 2.29. The average molecular weight is 312 g/mol. The van der Waals surface area contributed by atoms with Gasteiger partial charge in [-0.15, -0.1) is 0 Å². The van der Waals surface area contributed by atoms with E-state index in [4.69, 9.17) is 4.74 Å². The number of carbonyl (C=O) groups is 1. The average Bonchev–Trinajstić information content (AvgIpc) is 2.82. The highest BCUT2D eigenvalue weighted by Crippen LogP contribution is 2.26. The van der Waals surface area contributed by atoms with Crippen molar-refractivity contribution in [2.75, 3.05) is 6.54 Å². The molecule has 1 rings (SSSR count). The van der Waals surface area contributed by atoms with Crippen LogP contribution in [0.3, 0.4) is 0 Å². The molecule has 0 heterocycles. The maximum atomic E-state index is 11.8. The molecular formula is C18H36N2O2. The van der Waals surface area contributed by atoms with Gasteiger partial charge in [-0.2, -0.15) is 0 Å². The van der Waals surface area contributed by atoms with Gasteiger partial charge in [0.1, 0.15) is 5.60 Å². The summed E-state index contributed by atoms with van der Waals surface area (Å²) in [7, 11) is 0. The summed E-state index contributed by atoms with van der Waals surface area (Å²) in [6, 6.07) is 1.17. The molecule has 130 valence electrons. The fourth-order valence-electron chi connectivity index (χ4n) is 3.34. The van der Waals surface area contributed by atoms with Gasteiger partial charge >= 0.3 is 6.09 Å². The van der Waals surface area contributed by atoms with Gasteiger partial charge in [-0.05, 0) is 52.4 Å². The number of amides is 1. The molecule has 22 heavy (non-hydrogen) atoms. The molecule has 1 aliphatic carbocycles. The number of carbonyl (C=O) groups excluding carboxylic acids is 1. The minimum atomic E-state index is -0.426. The van der Waals surface area contributed by atoms with Crippen LogP contribution >= 0.6 is 0 Å². The third kappa shape index (κ3) is 7.48. The van der Waals surface area contributed by atoms with E-state index in [1.165, 1.54) is 44.9 Å². The van der Waals surface area contributed by atoms with Crippen molar-refractivity contribution in [3.8, 4) is 0 Å². The van der Waals surface area contributed by atoms with Crippen LogP contribution < -0.4 is 10.6 Å². The molecule has 2 unspecified atom stereocenters. The van der Waals surface area contributed by atoms with E-state index < -0.39 is 5.60 Å². The number of alkyl carbamates (subject to hydrolysis) is 1. The lowest BCUT2D eigenvalue weighted by Crippen LogP contribution is -2.44. The second kappa shape index (κ2) is 9.39. The Bertz CT molecular complexity index is 320. The number of ether oxygens (including phenoxy) is 1. The standard InChI is InChI=1S/C18H36N2O2/c1-6-9-15(10-7-2)20-16-12-8-11-14(16)13-19-17(21)22-18(3,4)5/h14-16,20H,6-13H2,1-5H3,(H,19,21). The van der Waals surface area contributed by atoms with Crippen LogP contribution in [0, 0.1) is 5.92 Å². The summed E-state index contributed by atoms with van der Waals surface area (Å²) in [6.45, 7) is 10.9. The summed E-state index contributed by atoms with van der Waals surface area (Å²) in [6.07, 6.45) is 8.33. The van der Waals surface area contributed by atoms with Crippen LogP contribution in [0.5, 0.6) is 0 Å². The van der Waals surface area contributed by atoms with Crippen molar-refractivity contribution in [3.63, 3.8) is 0 Å². The maximum absolute atomic E-state index is 11.8. The quantitative estimate of drug-likeness (QED) is 0.705. The minimum absolute atomic E-state index is 0.295. The van der Waals surface area contributed by atoms with Gasteiger partial charge in [0.05, 0.1) is 0 Å². The molecule has 1 amide bonds. The van der Waals surface area contributed by atoms with Gasteiger partial charge < -0.3 is 15.4 Å². The van der Waals surface area contributed by atoms with Gasteiger partial charge in [0, 0.05) is 18.6 Å². The number of nitrogens with one attached hydrogen (secondary N) is 2. The summed E-state index contributed by atoms with van der Waals surface area (Å²) in [5.41, 5.74) is -0.426. The van der Waals surface area contributed by atoms with Crippen molar-refractivity contribution in [2.45, 2.75) is 97.2 Å². The van der Waals surface area contributed by atoms with Crippen molar-refractivity contribution in [1.82, 2.24) is 10.6 Å². The third-order valence-corrected chi connectivity index (χ3v) is 4.29. The van der Waals surface area contributed by atoms with Gasteiger partial charge in [-0.3, -0.25) is 0 Å². The first-order valence-electron chi connectivity index (χ1n) is 9.08. The number of hydrogen-bond donors (Lipinski definition) is 2. The summed E-state index contributed by atoms with van der Waals surface area (Å²) >= 11 is 0. The van der Waals surface area contributed by atoms with E-state index in [9.17, 15) is 4.79 Å². The first-order chi connectivity index (χ1) is 10.4. The molecule has 0 radical (unpaired) electrons. The monoisotopic (exact) mass is 312 g/mol. The Morgan fingerprint density at radius 2 is 1.82 bits per heavy atom. The molecule has 1 fully saturated rings. The molecule has 0 aromatic heterocycles. The van der Waals surface area contributed by atoms with E-state index in [2.05, 4.69) is 24.5 Å². The molecule has 0 aliphatic heterocycles. The molecule has 4 heteroatoms. The molecule has 4 nitrogen and oxygen atoms in total. The second-order valence-electron chi connectivity index (χ2n) is 7.62. The Morgan fingerprint density at radius 3 is 2.36 bits per heavy atom. The van der Waals surface area contributed by atoms with Crippen LogP contribution in [0.4, 0.5) is 4.79 Å². The zero-order valence-corrected chi connectivity index (χ0v) is 15.2. The predicted octanol–water partition coefficient (Wildman–Crippen LogP) is 4.24. The molecule has 0 bridgehead atoms. The molecule has 1 saturated carbocycles. The Kier molecular flexibility index (Phi) is 8.23. The van der Waals surface area contributed by atoms with E-state index in [1.807, 2.05) is 20.8 Å². The Balaban J connectivity index is 2.40. The minimum Gasteiger partial charge on any atom is -0.444 e. The lowest BCUT2D eigenvalue weighted by atomic mass is 9.99. The maximum Gasteiger partial charge on any atom is 0.407 e. The highest BCUT2D eigenvalue weighted by molar-refractivity contribution is 5.67. The molecule has 0 saturated heterocycles. The van der Waals surface area contributed by atoms with E-state index in [-0.39, 0.29) is 6.09 Å². The van der Waals surface area contributed by atoms with Crippen LogP contribution in [0.25, 0.3) is 0 Å². The fourth-order valence-corrected chi connectivity index (χ4v) is 3.34. The van der Waals surface area contributed by atoms with E-state index in [0.717, 1.165) is 6.54 Å². The molecule has 2 N–H and O–H groups in total. The Morgan fingerprint density at radius 1 is 1.18 bits per heavy atom. The van der Waals surface area contributed by atoms with Crippen molar-refractivity contribution in [2.24, 2.45) is 5.92 Å². The summed E-state index contributed by atoms with van der Waals surface area (Å²) in [4.78, 5) is 11.8. The summed E-state index contributed by atoms with van der Waals surface area (Å²) in [5, 5.41) is 6.79. The van der Waals surface area contributed by atoms with Crippen molar-refractivity contribution < 1.29 is 9.53 Å². The molecule has 1 aliphatic rings. The van der Waals surface area contributed by atoms with Crippen molar-refractivity contribution >= 4 is 6.09 Å². The van der Waals surface area contributed by atoms with Gasteiger partial charge in [-0.1, -0.05) is 33.1 Å². The lowest BCUT2D eigenvalue weighted by Gasteiger charge is -2.27. The zero-order chi connectivity index (χ0) is 16.6. The molecule has 2 atom stereocenters. The first kappa shape index (κ1) is 19.3. The lowest BCUT2D eigenvalue weighted by molar-refractivity contribution is 0.0517. The molecule has 0 aromatic rings. The van der Waals surface area contributed by atoms with Crippen molar-refractivity contribution in [3.05, 3.63) is 0 Å². The second-order valence-corrected chi connectivity index (χ2v) is 7.62. The molecular weight excluding hydrogens is 276 g/mol. The SMILES string of the molecule is CCCC(CCC)NC1CCCC1CNC(=O)OC(C)(C)C. The topological polar surface area (TPSA) is 50.4 Å². The number of hydrogen-bond acceptors (Lipinski definition) is 3. The largest absolute Gasteiger partial charge is 0.444 e. The summed E-state index contributed by atoms with van der Waals surface area (Å²) < 4.78 is 5.32. The molecule has 0 aromatic carbocycles. The molecule has 0 spiro atoms. The third-order valence-electron chi connectivity index (χ3n) is 4.29. The number of rotatable bonds is 8. The Hall–Kier alpha value is -0.770. The highest BCUT2D eigenvalue weighted by atomic mass is 16.6. The predicted molar refractivity (Wildman–Crippen MR) is 92.1 cm³/mol. The van der Waals surface area contributed by atoms with Crippen LogP contribution in [0.1, 0.15) is 79.6 Å². The van der Waals surface area contributed by atoms with Crippen LogP contribution in [0.2, 0.25) is 0 Å². The van der Waals surface area contributed by atoms with Crippen LogP contribution in [-0.4, -0.2) is 30.3 Å². The normalized spacial score (nSPS) is 22.1. The van der Waals surface area contributed by atoms with Gasteiger partial charge in [0.25, 0.3) is 0 Å². The fraction of sp³-hybridized carbons (Fsp3) is 0.944. The zero-order valence-electron chi connectivity index (χ0n) is 15.2. The van der Waals surface area contributed by atoms with Gasteiger partial charge in [-0.25, -0.2) is 4.79 Å². The van der Waals surface area contributed by atoms with Crippen LogP contribution in [-0.2, 0) is 4.74 Å². The van der Waals surface area contributed by atoms with E-state index in [1.54, 1.807) is 0 Å². The van der Waals surface area contributed by atoms with Gasteiger partial charge in [0.2, 0.25) is 0 Å². The van der Waals surface area contributed by atoms with Crippen molar-refractivity contribution in [1.29, 1.82) is 0 Å². The van der Waals surface area contributed by atoms with Crippen LogP contribution in [0.15, 0.2) is 0 Å².